The molecule has 2 N–H and O–H groups in total. The van der Waals surface area contributed by atoms with Crippen molar-refractivity contribution in [2.75, 3.05) is 40.9 Å². The Morgan fingerprint density at radius 1 is 0.545 bits per heavy atom. The topological polar surface area (TPSA) is 108 Å². The van der Waals surface area contributed by atoms with Gasteiger partial charge in [0.2, 0.25) is 5.91 Å². The summed E-state index contributed by atoms with van der Waals surface area (Å²) in [5.74, 6) is -0.175. The number of amides is 1. The van der Waals surface area contributed by atoms with Crippen molar-refractivity contribution in [2.45, 2.75) is 219 Å². The van der Waals surface area contributed by atoms with Crippen LogP contribution in [0.1, 0.15) is 206 Å². The van der Waals surface area contributed by atoms with E-state index >= 15 is 0 Å². The lowest BCUT2D eigenvalue weighted by Crippen LogP contribution is -2.46. The molecule has 0 spiro atoms. The normalized spacial score (nSPS) is 14.8. The number of carbonyl (C=O) groups is 1. The third-order valence-corrected chi connectivity index (χ3v) is 12.3. The monoisotopic (exact) mass is 941 g/mol. The summed E-state index contributed by atoms with van der Waals surface area (Å²) < 4.78 is 23.2. The summed E-state index contributed by atoms with van der Waals surface area (Å²) in [4.78, 5) is 25.3. The minimum absolute atomic E-state index is 0.00764. The van der Waals surface area contributed by atoms with Gasteiger partial charge >= 0.3 is 0 Å². The molecule has 0 rings (SSSR count). The second kappa shape index (κ2) is 47.5. The van der Waals surface area contributed by atoms with Crippen LogP contribution >= 0.6 is 7.82 Å². The van der Waals surface area contributed by atoms with Gasteiger partial charge in [-0.25, -0.2) is 0 Å². The second-order valence-electron chi connectivity index (χ2n) is 18.9. The number of aliphatic hydroxyl groups excluding tert-OH is 1. The van der Waals surface area contributed by atoms with E-state index in [0.717, 1.165) is 89.9 Å². The molecule has 0 aromatic heterocycles. The molecule has 9 heteroatoms. The number of hydrogen-bond donors (Lipinski definition) is 2. The largest absolute Gasteiger partial charge is 0.756 e. The number of phosphoric acid groups is 1. The van der Waals surface area contributed by atoms with Gasteiger partial charge in [-0.3, -0.25) is 9.36 Å². The second-order valence-corrected chi connectivity index (χ2v) is 20.3. The number of likely N-dealkylation sites (N-methyl/N-ethyl adjacent to an activating group) is 1. The van der Waals surface area contributed by atoms with Gasteiger partial charge < -0.3 is 28.8 Å². The highest BCUT2D eigenvalue weighted by molar-refractivity contribution is 7.45. The molecule has 1 amide bonds. The summed E-state index contributed by atoms with van der Waals surface area (Å²) in [6, 6.07) is -0.803. The van der Waals surface area contributed by atoms with E-state index in [1.807, 2.05) is 21.1 Å². The average Bonchev–Trinajstić information content (AvgIpc) is 3.28. The van der Waals surface area contributed by atoms with Gasteiger partial charge in [0, 0.05) is 6.42 Å². The van der Waals surface area contributed by atoms with Crippen LogP contribution in [0.5, 0.6) is 0 Å². The number of aliphatic hydroxyl groups is 1. The van der Waals surface area contributed by atoms with Crippen LogP contribution in [0.15, 0.2) is 97.2 Å². The molecule has 8 nitrogen and oxygen atoms in total. The van der Waals surface area contributed by atoms with E-state index in [-0.39, 0.29) is 19.1 Å². The number of nitrogens with one attached hydrogen (secondary N) is 1. The molecule has 3 atom stereocenters. The van der Waals surface area contributed by atoms with Crippen molar-refractivity contribution in [1.29, 1.82) is 0 Å². The lowest BCUT2D eigenvalue weighted by Gasteiger charge is -2.30. The van der Waals surface area contributed by atoms with Crippen LogP contribution < -0.4 is 10.2 Å². The fraction of sp³-hybridized carbons (Fsp3) is 0.702. The number of phosphoric ester groups is 1. The van der Waals surface area contributed by atoms with Crippen LogP contribution in [0.2, 0.25) is 0 Å². The summed E-state index contributed by atoms with van der Waals surface area (Å²) in [5, 5.41) is 13.8. The zero-order valence-electron chi connectivity index (χ0n) is 43.1. The molecule has 0 aromatic rings. The Kier molecular flexibility index (Phi) is 45.6. The molecule has 0 saturated heterocycles. The van der Waals surface area contributed by atoms with Gasteiger partial charge in [-0.1, -0.05) is 220 Å². The maximum atomic E-state index is 12.9. The molecule has 0 bridgehead atoms. The molecule has 3 unspecified atom stereocenters. The highest BCUT2D eigenvalue weighted by Crippen LogP contribution is 2.38. The van der Waals surface area contributed by atoms with E-state index in [1.165, 1.54) is 89.9 Å². The summed E-state index contributed by atoms with van der Waals surface area (Å²) in [6.45, 7) is 4.54. The van der Waals surface area contributed by atoms with Crippen molar-refractivity contribution in [1.82, 2.24) is 5.32 Å². The molecule has 0 aliphatic heterocycles. The lowest BCUT2D eigenvalue weighted by molar-refractivity contribution is -0.870. The maximum absolute atomic E-state index is 12.9. The maximum Gasteiger partial charge on any atom is 0.268 e. The first kappa shape index (κ1) is 63.4. The molecule has 380 valence electrons. The van der Waals surface area contributed by atoms with Crippen molar-refractivity contribution in [3.8, 4) is 0 Å². The van der Waals surface area contributed by atoms with E-state index in [2.05, 4.69) is 116 Å². The van der Waals surface area contributed by atoms with Crippen molar-refractivity contribution in [3.05, 3.63) is 97.2 Å². The van der Waals surface area contributed by atoms with Gasteiger partial charge in [0.25, 0.3) is 7.82 Å². The van der Waals surface area contributed by atoms with Crippen LogP contribution in [-0.2, 0) is 18.4 Å². The molecule has 0 fully saturated rings. The van der Waals surface area contributed by atoms with Crippen molar-refractivity contribution >= 4 is 13.7 Å². The quantitative estimate of drug-likeness (QED) is 0.0272. The van der Waals surface area contributed by atoms with E-state index in [0.29, 0.717) is 23.9 Å². The van der Waals surface area contributed by atoms with E-state index in [9.17, 15) is 19.4 Å². The predicted octanol–water partition coefficient (Wildman–Crippen LogP) is 15.2. The Morgan fingerprint density at radius 2 is 0.924 bits per heavy atom. The minimum Gasteiger partial charge on any atom is -0.756 e. The van der Waals surface area contributed by atoms with Gasteiger partial charge in [0.1, 0.15) is 13.2 Å². The van der Waals surface area contributed by atoms with Gasteiger partial charge in [-0.05, 0) is 77.0 Å². The number of hydrogen-bond acceptors (Lipinski definition) is 6. The molecule has 0 heterocycles. The number of allylic oxidation sites excluding steroid dienone is 16. The van der Waals surface area contributed by atoms with Gasteiger partial charge in [-0.2, -0.15) is 0 Å². The fourth-order valence-corrected chi connectivity index (χ4v) is 7.90. The first-order valence-corrected chi connectivity index (χ1v) is 28.0. The molecule has 0 aliphatic rings. The molecular formula is C57H101N2O6P. The van der Waals surface area contributed by atoms with Crippen LogP contribution in [0, 0.1) is 0 Å². The minimum atomic E-state index is -4.56. The average molecular weight is 941 g/mol. The Bertz CT molecular complexity index is 1390. The third kappa shape index (κ3) is 49.3. The van der Waals surface area contributed by atoms with Gasteiger partial charge in [0.15, 0.2) is 0 Å². The standard InChI is InChI=1S/C57H101N2O6P/c1-6-8-10-12-14-15-16-17-18-19-20-21-22-23-24-25-26-27-28-29-30-31-32-33-34-35-36-37-38-39-40-41-42-43-45-47-49-51-57(61)58-55(56(60)50-48-46-44-13-11-9-7-2)54-65-66(62,63)64-53-52-59(3,4)5/h8,10,14-15,17-18,20-21,23-24,26-27,29-30,32-33,55-56,60H,6-7,9,11-13,16,19,22,25,28,31,34-54H2,1-5H3,(H-,58,61,62,63)/b10-8-,15-14-,18-17-,21-20-,24-23-,27-26-,30-29-,33-32-. The van der Waals surface area contributed by atoms with E-state index in [4.69, 9.17) is 9.05 Å². The fourth-order valence-electron chi connectivity index (χ4n) is 7.17. The SMILES string of the molecule is CC/C=C\C/C=C\C/C=C\C/C=C\C/C=C\C/C=C\C/C=C\C/C=C\CCCCCCCCCCCCCCC(=O)NC(COP(=O)([O-])OCC[N+](C)(C)C)C(O)CCCCCCCCC. The number of nitrogens with zero attached hydrogens (tertiary/aromatic N) is 1. The predicted molar refractivity (Wildman–Crippen MR) is 283 cm³/mol. The van der Waals surface area contributed by atoms with Crippen molar-refractivity contribution < 1.29 is 32.9 Å². The first-order valence-electron chi connectivity index (χ1n) is 26.6. The number of quaternary nitrogens is 1. The van der Waals surface area contributed by atoms with Gasteiger partial charge in [-0.15, -0.1) is 0 Å². The molecule has 0 saturated carbocycles. The summed E-state index contributed by atoms with van der Waals surface area (Å²) >= 11 is 0. The number of rotatable bonds is 47. The van der Waals surface area contributed by atoms with Crippen LogP contribution in [0.3, 0.4) is 0 Å². The summed E-state index contributed by atoms with van der Waals surface area (Å²) in [6.07, 6.45) is 67.5. The first-order chi connectivity index (χ1) is 32.0. The highest BCUT2D eigenvalue weighted by Gasteiger charge is 2.24. The Hall–Kier alpha value is -2.58. The third-order valence-electron chi connectivity index (χ3n) is 11.3. The van der Waals surface area contributed by atoms with Crippen LogP contribution in [0.25, 0.3) is 0 Å². The molecular weight excluding hydrogens is 840 g/mol. The smallest absolute Gasteiger partial charge is 0.268 e. The molecule has 0 aliphatic carbocycles. The van der Waals surface area contributed by atoms with Gasteiger partial charge in [0.05, 0.1) is 39.9 Å². The summed E-state index contributed by atoms with van der Waals surface area (Å²) in [7, 11) is 1.29. The summed E-state index contributed by atoms with van der Waals surface area (Å²) in [5.41, 5.74) is 0. The van der Waals surface area contributed by atoms with Crippen LogP contribution in [-0.4, -0.2) is 68.5 Å². The molecule has 0 aromatic carbocycles. The number of unbranched alkanes of at least 4 members (excludes halogenated alkanes) is 18. The number of carbonyl (C=O) groups excluding carboxylic acids is 1. The molecule has 0 radical (unpaired) electrons. The van der Waals surface area contributed by atoms with Crippen molar-refractivity contribution in [3.63, 3.8) is 0 Å². The zero-order valence-corrected chi connectivity index (χ0v) is 44.0. The Labute approximate surface area is 407 Å². The lowest BCUT2D eigenvalue weighted by atomic mass is 10.0. The van der Waals surface area contributed by atoms with E-state index < -0.39 is 20.0 Å². The zero-order chi connectivity index (χ0) is 48.5. The molecule has 66 heavy (non-hydrogen) atoms. The van der Waals surface area contributed by atoms with E-state index in [1.54, 1.807) is 0 Å². The Balaban J connectivity index is 3.95. The Morgan fingerprint density at radius 3 is 1.35 bits per heavy atom. The highest BCUT2D eigenvalue weighted by atomic mass is 31.2. The van der Waals surface area contributed by atoms with Crippen LogP contribution in [0.4, 0.5) is 0 Å². The van der Waals surface area contributed by atoms with Crippen molar-refractivity contribution in [2.24, 2.45) is 0 Å².